The molecule has 0 aliphatic rings. The van der Waals surface area contributed by atoms with Crippen LogP contribution in [0, 0.1) is 0 Å². The molecule has 0 aromatic heterocycles. The zero-order chi connectivity index (χ0) is 4.83. The lowest BCUT2D eigenvalue weighted by Gasteiger charge is -1.88. The Hall–Kier alpha value is -0.120. The van der Waals surface area contributed by atoms with E-state index in [1.807, 2.05) is 0 Å². The summed E-state index contributed by atoms with van der Waals surface area (Å²) in [5, 5.41) is 7.95. The van der Waals surface area contributed by atoms with Crippen LogP contribution in [0.1, 0.15) is 19.8 Å². The molecule has 0 aliphatic carbocycles. The molecule has 0 unspecified atom stereocenters. The highest BCUT2D eigenvalue weighted by atomic mass is 16.5. The molecular formula is C4H13NO2. The molecule has 46 valence electrons. The highest BCUT2D eigenvalue weighted by Crippen LogP contribution is 1.79. The van der Waals surface area contributed by atoms with Gasteiger partial charge in [-0.15, -0.1) is 0 Å². The van der Waals surface area contributed by atoms with Crippen LogP contribution in [0.25, 0.3) is 0 Å². The Kier molecular flexibility index (Phi) is 13.3. The first-order chi connectivity index (χ1) is 2.91. The lowest BCUT2D eigenvalue weighted by molar-refractivity contribution is 0.165. The first kappa shape index (κ1) is 9.99. The van der Waals surface area contributed by atoms with Crippen LogP contribution in [-0.4, -0.2) is 17.2 Å². The fraction of sp³-hybridized carbons (Fsp3) is 1.00. The van der Waals surface area contributed by atoms with E-state index in [1.54, 1.807) is 0 Å². The fourth-order valence-electron chi connectivity index (χ4n) is 0.256. The second-order valence-corrected chi connectivity index (χ2v) is 1.26. The molecule has 0 rings (SSSR count). The second kappa shape index (κ2) is 9.30. The third kappa shape index (κ3) is 10.7. The van der Waals surface area contributed by atoms with E-state index in [-0.39, 0.29) is 5.48 Å². The minimum atomic E-state index is 0. The molecule has 0 fully saturated rings. The van der Waals surface area contributed by atoms with E-state index in [4.69, 9.17) is 5.21 Å². The molecule has 0 saturated carbocycles. The molecule has 0 aliphatic heterocycles. The van der Waals surface area contributed by atoms with Gasteiger partial charge in [-0.25, -0.2) is 5.48 Å². The average molecular weight is 107 g/mol. The van der Waals surface area contributed by atoms with Crippen molar-refractivity contribution in [2.45, 2.75) is 19.8 Å². The van der Waals surface area contributed by atoms with Crippen molar-refractivity contribution in [1.29, 1.82) is 0 Å². The zero-order valence-electron chi connectivity index (χ0n) is 4.57. The van der Waals surface area contributed by atoms with E-state index >= 15 is 0 Å². The van der Waals surface area contributed by atoms with Crippen molar-refractivity contribution in [2.75, 3.05) is 6.54 Å². The van der Waals surface area contributed by atoms with Crippen LogP contribution >= 0.6 is 0 Å². The third-order valence-corrected chi connectivity index (χ3v) is 0.642. The van der Waals surface area contributed by atoms with Crippen LogP contribution in [0.4, 0.5) is 0 Å². The molecule has 3 heteroatoms. The largest absolute Gasteiger partial charge is 0.412 e. The minimum Gasteiger partial charge on any atom is -0.412 e. The van der Waals surface area contributed by atoms with Crippen molar-refractivity contribution in [1.82, 2.24) is 5.48 Å². The van der Waals surface area contributed by atoms with Crippen LogP contribution < -0.4 is 5.48 Å². The number of hydroxylamine groups is 1. The molecule has 0 atom stereocenters. The van der Waals surface area contributed by atoms with E-state index in [2.05, 4.69) is 12.4 Å². The van der Waals surface area contributed by atoms with Crippen molar-refractivity contribution >= 4 is 0 Å². The van der Waals surface area contributed by atoms with Crippen molar-refractivity contribution in [3.05, 3.63) is 0 Å². The Morgan fingerprint density at radius 3 is 2.29 bits per heavy atom. The summed E-state index contributed by atoms with van der Waals surface area (Å²) in [5.41, 5.74) is 2.07. The summed E-state index contributed by atoms with van der Waals surface area (Å²) in [5.74, 6) is 0. The molecule has 0 aromatic carbocycles. The Bertz CT molecular complexity index is 21.7. The summed E-state index contributed by atoms with van der Waals surface area (Å²) in [6, 6.07) is 0. The molecule has 0 spiro atoms. The Morgan fingerprint density at radius 1 is 1.57 bits per heavy atom. The normalized spacial score (nSPS) is 7.71. The van der Waals surface area contributed by atoms with Crippen LogP contribution in [0.2, 0.25) is 0 Å². The van der Waals surface area contributed by atoms with E-state index in [9.17, 15) is 0 Å². The number of hydrogen-bond acceptors (Lipinski definition) is 2. The highest BCUT2D eigenvalue weighted by Gasteiger charge is 1.74. The van der Waals surface area contributed by atoms with Gasteiger partial charge in [0.2, 0.25) is 0 Å². The van der Waals surface area contributed by atoms with Gasteiger partial charge in [0.1, 0.15) is 0 Å². The summed E-state index contributed by atoms with van der Waals surface area (Å²) >= 11 is 0. The SMILES string of the molecule is CCCCNO.O. The van der Waals surface area contributed by atoms with Crippen molar-refractivity contribution in [3.63, 3.8) is 0 Å². The van der Waals surface area contributed by atoms with E-state index in [0.717, 1.165) is 19.4 Å². The first-order valence-corrected chi connectivity index (χ1v) is 2.28. The molecule has 7 heavy (non-hydrogen) atoms. The van der Waals surface area contributed by atoms with Gasteiger partial charge >= 0.3 is 0 Å². The fourth-order valence-corrected chi connectivity index (χ4v) is 0.256. The molecule has 0 saturated heterocycles. The molecular weight excluding hydrogens is 94.0 g/mol. The van der Waals surface area contributed by atoms with Gasteiger partial charge < -0.3 is 10.7 Å². The quantitative estimate of drug-likeness (QED) is 0.392. The predicted molar refractivity (Wildman–Crippen MR) is 28.3 cm³/mol. The van der Waals surface area contributed by atoms with Gasteiger partial charge in [-0.2, -0.15) is 0 Å². The smallest absolute Gasteiger partial charge is 0.0207 e. The summed E-state index contributed by atoms with van der Waals surface area (Å²) in [4.78, 5) is 0. The van der Waals surface area contributed by atoms with Gasteiger partial charge in [0.25, 0.3) is 0 Å². The van der Waals surface area contributed by atoms with Gasteiger partial charge in [-0.1, -0.05) is 13.3 Å². The molecule has 0 radical (unpaired) electrons. The summed E-state index contributed by atoms with van der Waals surface area (Å²) < 4.78 is 0. The van der Waals surface area contributed by atoms with Gasteiger partial charge in [0.05, 0.1) is 0 Å². The van der Waals surface area contributed by atoms with Gasteiger partial charge in [-0.05, 0) is 6.42 Å². The summed E-state index contributed by atoms with van der Waals surface area (Å²) in [6.07, 6.45) is 2.18. The Labute approximate surface area is 43.6 Å². The molecule has 4 N–H and O–H groups in total. The monoisotopic (exact) mass is 107 g/mol. The summed E-state index contributed by atoms with van der Waals surface area (Å²) in [6.45, 7) is 2.80. The minimum absolute atomic E-state index is 0. The Balaban J connectivity index is 0. The molecule has 0 bridgehead atoms. The maximum Gasteiger partial charge on any atom is 0.0207 e. The molecule has 0 aromatic rings. The van der Waals surface area contributed by atoms with Crippen LogP contribution in [0.15, 0.2) is 0 Å². The third-order valence-electron chi connectivity index (χ3n) is 0.642. The lowest BCUT2D eigenvalue weighted by Crippen LogP contribution is -2.07. The summed E-state index contributed by atoms with van der Waals surface area (Å²) in [7, 11) is 0. The zero-order valence-corrected chi connectivity index (χ0v) is 4.57. The second-order valence-electron chi connectivity index (χ2n) is 1.26. The van der Waals surface area contributed by atoms with E-state index in [1.165, 1.54) is 0 Å². The van der Waals surface area contributed by atoms with E-state index in [0.29, 0.717) is 0 Å². The van der Waals surface area contributed by atoms with Crippen LogP contribution in [0.3, 0.4) is 0 Å². The topological polar surface area (TPSA) is 63.8 Å². The molecule has 3 nitrogen and oxygen atoms in total. The van der Waals surface area contributed by atoms with E-state index < -0.39 is 0 Å². The van der Waals surface area contributed by atoms with Crippen molar-refractivity contribution < 1.29 is 10.7 Å². The number of hydrogen-bond donors (Lipinski definition) is 2. The molecule has 0 amide bonds. The average Bonchev–Trinajstić information content (AvgIpc) is 1.61. The van der Waals surface area contributed by atoms with Gasteiger partial charge in [-0.3, -0.25) is 0 Å². The maximum atomic E-state index is 7.95. The van der Waals surface area contributed by atoms with Crippen LogP contribution in [0.5, 0.6) is 0 Å². The number of nitrogens with one attached hydrogen (secondary N) is 1. The van der Waals surface area contributed by atoms with Crippen LogP contribution in [-0.2, 0) is 0 Å². The number of rotatable bonds is 3. The number of unbranched alkanes of at least 4 members (excludes halogenated alkanes) is 1. The van der Waals surface area contributed by atoms with Crippen molar-refractivity contribution in [2.24, 2.45) is 0 Å². The Morgan fingerprint density at radius 2 is 2.14 bits per heavy atom. The van der Waals surface area contributed by atoms with Gasteiger partial charge in [0.15, 0.2) is 0 Å². The first-order valence-electron chi connectivity index (χ1n) is 2.28. The lowest BCUT2D eigenvalue weighted by atomic mass is 10.3. The standard InChI is InChI=1S/C4H11NO.H2O/c1-2-3-4-5-6;/h5-6H,2-4H2,1H3;1H2. The predicted octanol–water partition coefficient (Wildman–Crippen LogP) is -0.0594. The van der Waals surface area contributed by atoms with Gasteiger partial charge in [0, 0.05) is 6.54 Å². The maximum absolute atomic E-state index is 7.95. The molecule has 0 heterocycles. The highest BCUT2D eigenvalue weighted by molar-refractivity contribution is 4.30. The van der Waals surface area contributed by atoms with Crippen molar-refractivity contribution in [3.8, 4) is 0 Å².